The number of nitrogens with two attached hydrogens (primary N) is 2. The Kier molecular flexibility index (Phi) is 15.7. The summed E-state index contributed by atoms with van der Waals surface area (Å²) in [6.45, 7) is 2.87. The first-order chi connectivity index (χ1) is 23.7. The summed E-state index contributed by atoms with van der Waals surface area (Å²) in [5.74, 6) is -0.620. The Morgan fingerprint density at radius 1 is 0.981 bits per heavy atom. The van der Waals surface area contributed by atoms with Gasteiger partial charge in [0.05, 0.1) is 24.7 Å². The Morgan fingerprint density at radius 3 is 2.31 bits per heavy atom. The molecule has 52 heavy (non-hydrogen) atoms. The number of benzene rings is 1. The van der Waals surface area contributed by atoms with Crippen LogP contribution >= 0.6 is 0 Å². The Morgan fingerprint density at radius 2 is 1.65 bits per heavy atom. The molecule has 1 aliphatic heterocycles. The molecule has 1 aromatic carbocycles. The van der Waals surface area contributed by atoms with E-state index in [2.05, 4.69) is 40.5 Å². The van der Waals surface area contributed by atoms with Crippen LogP contribution in [0.4, 0.5) is 41.4 Å². The number of nitrogens with one attached hydrogen (secondary N) is 2. The number of rotatable bonds is 13. The van der Waals surface area contributed by atoms with Crippen LogP contribution < -0.4 is 91.0 Å². The number of nitrogen functional groups attached to an aromatic ring is 2. The summed E-state index contributed by atoms with van der Waals surface area (Å²) in [7, 11) is -6.76. The summed E-state index contributed by atoms with van der Waals surface area (Å²) < 4.78 is 84.3. The second-order valence-electron chi connectivity index (χ2n) is 11.0. The first-order valence-electron chi connectivity index (χ1n) is 15.0. The molecule has 0 amide bonds. The van der Waals surface area contributed by atoms with Crippen molar-refractivity contribution in [3.05, 3.63) is 52.6 Å². The third-order valence-corrected chi connectivity index (χ3v) is 9.29. The van der Waals surface area contributed by atoms with E-state index >= 15 is 0 Å². The molecule has 2 aliphatic rings. The number of anilines is 7. The number of aromatic nitrogens is 6. The van der Waals surface area contributed by atoms with Crippen molar-refractivity contribution in [3.63, 3.8) is 0 Å². The van der Waals surface area contributed by atoms with E-state index in [0.717, 1.165) is 12.1 Å². The second kappa shape index (κ2) is 18.9. The normalized spacial score (nSPS) is 16.3. The van der Waals surface area contributed by atoms with Crippen molar-refractivity contribution in [1.82, 2.24) is 29.9 Å². The van der Waals surface area contributed by atoms with E-state index in [9.17, 15) is 25.9 Å². The maximum absolute atomic E-state index is 12.3. The van der Waals surface area contributed by atoms with Gasteiger partial charge in [0, 0.05) is 56.0 Å². The van der Waals surface area contributed by atoms with Crippen LogP contribution in [-0.4, -0.2) is 109 Å². The minimum atomic E-state index is -5.04. The summed E-state index contributed by atoms with van der Waals surface area (Å²) in [5, 5.41) is 5.69. The van der Waals surface area contributed by atoms with E-state index in [1.165, 1.54) is 24.3 Å². The van der Waals surface area contributed by atoms with E-state index in [0.29, 0.717) is 45.4 Å². The van der Waals surface area contributed by atoms with Gasteiger partial charge in [-0.15, -0.1) is 0 Å². The van der Waals surface area contributed by atoms with Crippen molar-refractivity contribution in [2.75, 3.05) is 85.5 Å². The fraction of sp³-hybridized carbons (Fsp3) is 0.357. The van der Waals surface area contributed by atoms with Crippen LogP contribution in [0.3, 0.4) is 0 Å². The van der Waals surface area contributed by atoms with Crippen LogP contribution in [0.2, 0.25) is 0 Å². The number of hydrogen-bond acceptors (Lipinski definition) is 20. The number of morpholine rings is 1. The van der Waals surface area contributed by atoms with Gasteiger partial charge in [0.15, 0.2) is 0 Å². The monoisotopic (exact) mass is 776 g/mol. The molecule has 5 rings (SSSR count). The van der Waals surface area contributed by atoms with Gasteiger partial charge in [-0.05, 0) is 30.2 Å². The first-order valence-corrected chi connectivity index (χ1v) is 17.8. The van der Waals surface area contributed by atoms with Gasteiger partial charge in [0.2, 0.25) is 35.7 Å². The molecule has 0 bridgehead atoms. The third kappa shape index (κ3) is 11.8. The summed E-state index contributed by atoms with van der Waals surface area (Å²) in [4.78, 5) is 27.3. The molecule has 1 aliphatic carbocycles. The van der Waals surface area contributed by atoms with E-state index in [4.69, 9.17) is 20.9 Å². The predicted octanol–water partition coefficient (Wildman–Crippen LogP) is -5.75. The molecular weight excluding hydrogens is 742 g/mol. The van der Waals surface area contributed by atoms with Gasteiger partial charge in [-0.25, -0.2) is 16.8 Å². The smallest absolute Gasteiger partial charge is 0.744 e. The fourth-order valence-electron chi connectivity index (χ4n) is 4.93. The first kappa shape index (κ1) is 43.4. The van der Waals surface area contributed by atoms with Crippen LogP contribution in [0.15, 0.2) is 51.9 Å². The molecule has 1 atom stereocenters. The number of hydrogen-bond donors (Lipinski definition) is 4. The van der Waals surface area contributed by atoms with Crippen LogP contribution in [0, 0.1) is 5.92 Å². The Labute approximate surface area is 344 Å². The predicted molar refractivity (Wildman–Crippen MR) is 181 cm³/mol. The molecule has 6 N–H and O–H groups in total. The van der Waals surface area contributed by atoms with Gasteiger partial charge < -0.3 is 50.5 Å². The molecule has 3 heterocycles. The minimum absolute atomic E-state index is 0. The van der Waals surface area contributed by atoms with Crippen LogP contribution in [0.1, 0.15) is 12.0 Å². The topological polar surface area (TPSA) is 293 Å². The molecule has 0 spiro atoms. The van der Waals surface area contributed by atoms with E-state index < -0.39 is 36.0 Å². The van der Waals surface area contributed by atoms with Crippen molar-refractivity contribution >= 4 is 67.7 Å². The van der Waals surface area contributed by atoms with Crippen LogP contribution in [-0.2, 0) is 29.7 Å². The van der Waals surface area contributed by atoms with Crippen molar-refractivity contribution in [1.29, 1.82) is 0 Å². The quantitative estimate of drug-likeness (QED) is 0.0929. The third-order valence-electron chi connectivity index (χ3n) is 7.39. The largest absolute Gasteiger partial charge is 1.00 e. The molecule has 24 heteroatoms. The summed E-state index contributed by atoms with van der Waals surface area (Å²) in [6.07, 6.45) is 5.33. The fourth-order valence-corrected chi connectivity index (χ4v) is 6.44. The van der Waals surface area contributed by atoms with Crippen molar-refractivity contribution in [3.8, 4) is 0 Å². The number of nitrogens with zero attached hydrogens (tertiary/aromatic N) is 8. The number of allylic oxidation sites excluding steroid dienone is 4. The Bertz CT molecular complexity index is 2050. The van der Waals surface area contributed by atoms with Gasteiger partial charge in [-0.3, -0.25) is 0 Å². The zero-order valence-electron chi connectivity index (χ0n) is 28.9. The molecule has 1 fully saturated rings. The SMILES string of the molecule is COCCN(C)c1nc(N)nc(NC2=CCC(/C=C/c3ccc(Nc4nc(N)nc(N5CCOCC5)n4)cc3S(=O)(=O)[O-])C(S(=O)(=O)[O-])=C2)n1.[Na+].[Na+]. The molecular formula is C28H34N12Na2O8S2. The van der Waals surface area contributed by atoms with Gasteiger partial charge in [0.1, 0.15) is 20.2 Å². The molecule has 3 aromatic rings. The Balaban J connectivity index is 0.00000364. The van der Waals surface area contributed by atoms with Gasteiger partial charge >= 0.3 is 59.1 Å². The van der Waals surface area contributed by atoms with Crippen LogP contribution in [0.25, 0.3) is 6.08 Å². The van der Waals surface area contributed by atoms with Gasteiger partial charge in [-0.1, -0.05) is 24.3 Å². The van der Waals surface area contributed by atoms with Crippen molar-refractivity contribution < 1.29 is 94.5 Å². The average Bonchev–Trinajstić information content (AvgIpc) is 3.06. The Hall–Kier alpha value is -3.00. The van der Waals surface area contributed by atoms with E-state index in [1.807, 2.05) is 4.90 Å². The maximum Gasteiger partial charge on any atom is 1.00 e. The summed E-state index contributed by atoms with van der Waals surface area (Å²) in [6, 6.07) is 3.89. The van der Waals surface area contributed by atoms with E-state index in [1.54, 1.807) is 25.1 Å². The molecule has 20 nitrogen and oxygen atoms in total. The van der Waals surface area contributed by atoms with Crippen LogP contribution in [0.5, 0.6) is 0 Å². The molecule has 2 aromatic heterocycles. The summed E-state index contributed by atoms with van der Waals surface area (Å²) >= 11 is 0. The number of methoxy groups -OCH3 is 1. The molecule has 268 valence electrons. The zero-order valence-corrected chi connectivity index (χ0v) is 34.5. The number of likely N-dealkylation sites (N-methyl/N-ethyl adjacent to an activating group) is 1. The van der Waals surface area contributed by atoms with Gasteiger partial charge in [-0.2, -0.15) is 29.9 Å². The summed E-state index contributed by atoms with van der Waals surface area (Å²) in [5.41, 5.74) is 12.0. The molecule has 1 saturated heterocycles. The molecule has 0 saturated carbocycles. The standard InChI is InChI=1S/C28H36N12O8S2.2Na/c1-39(9-12-47-2)27-35-23(29)33-25(37-27)31-19-7-5-17(21(15-19)49(41,42)43)3-4-18-6-8-20(16-22(18)50(44,45)46)32-26-34-24(30)36-28(38-26)40-10-13-48-14-11-40;;/h3-4,6-8,15-17H,5,9-14H2,1-2H3,(H,41,42,43)(H,44,45,46)(H3,29,31,33,35,37)(H3,30,32,34,36,38);;/q;2*+1/p-2/b4-3+;;. The maximum atomic E-state index is 12.3. The molecule has 0 radical (unpaired) electrons. The van der Waals surface area contributed by atoms with Crippen molar-refractivity contribution in [2.24, 2.45) is 5.92 Å². The second-order valence-corrected chi connectivity index (χ2v) is 13.7. The van der Waals surface area contributed by atoms with Crippen molar-refractivity contribution in [2.45, 2.75) is 11.3 Å². The number of ether oxygens (including phenoxy) is 2. The van der Waals surface area contributed by atoms with Gasteiger partial charge in [0.25, 0.3) is 0 Å². The van der Waals surface area contributed by atoms with E-state index in [-0.39, 0.29) is 112 Å². The molecule has 1 unspecified atom stereocenters. The zero-order chi connectivity index (χ0) is 36.1. The average molecular weight is 777 g/mol. The minimum Gasteiger partial charge on any atom is -0.744 e.